The van der Waals surface area contributed by atoms with Crippen molar-refractivity contribution in [3.05, 3.63) is 34.9 Å². The van der Waals surface area contributed by atoms with Crippen LogP contribution in [-0.2, 0) is 0 Å². The Hall–Kier alpha value is -0.820. The maximum atomic E-state index is 3.73. The van der Waals surface area contributed by atoms with Crippen molar-refractivity contribution >= 4 is 0 Å². The molecule has 0 radical (unpaired) electrons. The molecule has 0 saturated heterocycles. The first kappa shape index (κ1) is 13.6. The Kier molecular flexibility index (Phi) is 4.82. The smallest absolute Gasteiger partial charge is 0.0294 e. The third-order valence-electron chi connectivity index (χ3n) is 4.33. The van der Waals surface area contributed by atoms with Crippen molar-refractivity contribution in [3.63, 3.8) is 0 Å². The highest BCUT2D eigenvalue weighted by atomic mass is 14.9. The van der Waals surface area contributed by atoms with E-state index < -0.39 is 0 Å². The summed E-state index contributed by atoms with van der Waals surface area (Å²) in [6.07, 6.45) is 7.16. The maximum absolute atomic E-state index is 3.73. The Morgan fingerprint density at radius 3 is 2.56 bits per heavy atom. The minimum absolute atomic E-state index is 0.479. The number of hydrogen-bond donors (Lipinski definition) is 1. The molecule has 1 nitrogen and oxygen atoms in total. The van der Waals surface area contributed by atoms with E-state index >= 15 is 0 Å². The quantitative estimate of drug-likeness (QED) is 0.821. The zero-order valence-corrected chi connectivity index (χ0v) is 12.1. The van der Waals surface area contributed by atoms with E-state index in [-0.39, 0.29) is 0 Å². The summed E-state index contributed by atoms with van der Waals surface area (Å²) in [6, 6.07) is 7.27. The molecule has 1 atom stereocenters. The van der Waals surface area contributed by atoms with Crippen molar-refractivity contribution in [2.45, 2.75) is 58.9 Å². The van der Waals surface area contributed by atoms with E-state index in [0.717, 1.165) is 5.92 Å². The van der Waals surface area contributed by atoms with Crippen molar-refractivity contribution in [1.29, 1.82) is 0 Å². The fourth-order valence-corrected chi connectivity index (χ4v) is 3.16. The lowest BCUT2D eigenvalue weighted by molar-refractivity contribution is 0.331. The topological polar surface area (TPSA) is 12.0 Å². The molecular weight excluding hydrogens is 218 g/mol. The van der Waals surface area contributed by atoms with Gasteiger partial charge in [-0.25, -0.2) is 0 Å². The molecule has 1 aromatic carbocycles. The number of nitrogens with one attached hydrogen (secondary N) is 1. The van der Waals surface area contributed by atoms with Gasteiger partial charge in [-0.15, -0.1) is 0 Å². The van der Waals surface area contributed by atoms with E-state index in [2.05, 4.69) is 44.3 Å². The molecule has 0 amide bonds. The van der Waals surface area contributed by atoms with Gasteiger partial charge in [0.25, 0.3) is 0 Å². The van der Waals surface area contributed by atoms with Crippen LogP contribution in [0.3, 0.4) is 0 Å². The van der Waals surface area contributed by atoms with Crippen LogP contribution in [0, 0.1) is 19.8 Å². The molecular formula is C17H27N. The van der Waals surface area contributed by atoms with E-state index in [1.165, 1.54) is 55.3 Å². The highest BCUT2D eigenvalue weighted by molar-refractivity contribution is 5.32. The number of aryl methyl sites for hydroxylation is 2. The SMILES string of the molecule is Cc1ccc(C(C)NCC2CCCCC2)c(C)c1. The van der Waals surface area contributed by atoms with Crippen LogP contribution < -0.4 is 5.32 Å². The summed E-state index contributed by atoms with van der Waals surface area (Å²) in [7, 11) is 0. The van der Waals surface area contributed by atoms with Crippen molar-refractivity contribution < 1.29 is 0 Å². The van der Waals surface area contributed by atoms with Gasteiger partial charge in [0.05, 0.1) is 0 Å². The first-order valence-electron chi connectivity index (χ1n) is 7.47. The Labute approximate surface area is 112 Å². The maximum Gasteiger partial charge on any atom is 0.0294 e. The molecule has 1 saturated carbocycles. The molecule has 1 unspecified atom stereocenters. The van der Waals surface area contributed by atoms with Gasteiger partial charge < -0.3 is 5.32 Å². The van der Waals surface area contributed by atoms with Crippen LogP contribution in [0.15, 0.2) is 18.2 Å². The molecule has 0 heterocycles. The van der Waals surface area contributed by atoms with Crippen molar-refractivity contribution in [2.24, 2.45) is 5.92 Å². The van der Waals surface area contributed by atoms with E-state index in [0.29, 0.717) is 6.04 Å². The zero-order chi connectivity index (χ0) is 13.0. The summed E-state index contributed by atoms with van der Waals surface area (Å²) in [4.78, 5) is 0. The van der Waals surface area contributed by atoms with Gasteiger partial charge in [-0.3, -0.25) is 0 Å². The van der Waals surface area contributed by atoms with Gasteiger partial charge in [-0.1, -0.05) is 43.0 Å². The molecule has 0 spiro atoms. The second-order valence-corrected chi connectivity index (χ2v) is 5.99. The van der Waals surface area contributed by atoms with E-state index in [1.807, 2.05) is 0 Å². The molecule has 18 heavy (non-hydrogen) atoms. The molecule has 1 heteroatoms. The second kappa shape index (κ2) is 6.38. The van der Waals surface area contributed by atoms with Gasteiger partial charge >= 0.3 is 0 Å². The third kappa shape index (κ3) is 3.58. The first-order chi connectivity index (χ1) is 8.66. The second-order valence-electron chi connectivity index (χ2n) is 5.99. The summed E-state index contributed by atoms with van der Waals surface area (Å²) >= 11 is 0. The predicted molar refractivity (Wildman–Crippen MR) is 78.9 cm³/mol. The van der Waals surface area contributed by atoms with Crippen molar-refractivity contribution in [1.82, 2.24) is 5.32 Å². The molecule has 1 aliphatic rings. The molecule has 1 fully saturated rings. The number of rotatable bonds is 4. The van der Waals surface area contributed by atoms with E-state index in [9.17, 15) is 0 Å². The molecule has 100 valence electrons. The van der Waals surface area contributed by atoms with Crippen molar-refractivity contribution in [2.75, 3.05) is 6.54 Å². The van der Waals surface area contributed by atoms with Gasteiger partial charge in [0, 0.05) is 6.04 Å². The lowest BCUT2D eigenvalue weighted by atomic mass is 9.89. The van der Waals surface area contributed by atoms with Crippen LogP contribution in [0.4, 0.5) is 0 Å². The van der Waals surface area contributed by atoms with Crippen LogP contribution in [0.1, 0.15) is 61.8 Å². The van der Waals surface area contributed by atoms with Crippen LogP contribution in [-0.4, -0.2) is 6.54 Å². The monoisotopic (exact) mass is 245 g/mol. The molecule has 0 bridgehead atoms. The first-order valence-corrected chi connectivity index (χ1v) is 7.47. The normalized spacial score (nSPS) is 18.8. The Bertz CT molecular complexity index is 377. The highest BCUT2D eigenvalue weighted by Crippen LogP contribution is 2.24. The van der Waals surface area contributed by atoms with Gasteiger partial charge in [0.15, 0.2) is 0 Å². The Morgan fingerprint density at radius 1 is 1.17 bits per heavy atom. The summed E-state index contributed by atoms with van der Waals surface area (Å²) in [6.45, 7) is 7.87. The minimum atomic E-state index is 0.479. The average Bonchev–Trinajstić information content (AvgIpc) is 2.37. The highest BCUT2D eigenvalue weighted by Gasteiger charge is 2.15. The van der Waals surface area contributed by atoms with Gasteiger partial charge in [0.1, 0.15) is 0 Å². The average molecular weight is 245 g/mol. The molecule has 2 rings (SSSR count). The predicted octanol–water partition coefficient (Wildman–Crippen LogP) is 4.53. The standard InChI is InChI=1S/C17H27N/c1-13-9-10-17(14(2)11-13)15(3)18-12-16-7-5-4-6-8-16/h9-11,15-16,18H,4-8,12H2,1-3H3. The van der Waals surface area contributed by atoms with Crippen LogP contribution in [0.25, 0.3) is 0 Å². The molecule has 0 aromatic heterocycles. The number of hydrogen-bond acceptors (Lipinski definition) is 1. The lowest BCUT2D eigenvalue weighted by Gasteiger charge is -2.25. The fraction of sp³-hybridized carbons (Fsp3) is 0.647. The Balaban J connectivity index is 1.88. The van der Waals surface area contributed by atoms with Crippen LogP contribution >= 0.6 is 0 Å². The summed E-state index contributed by atoms with van der Waals surface area (Å²) in [5.41, 5.74) is 4.23. The van der Waals surface area contributed by atoms with Gasteiger partial charge in [-0.05, 0) is 57.2 Å². The largest absolute Gasteiger partial charge is 0.310 e. The Morgan fingerprint density at radius 2 is 1.89 bits per heavy atom. The van der Waals surface area contributed by atoms with Crippen LogP contribution in [0.2, 0.25) is 0 Å². The summed E-state index contributed by atoms with van der Waals surface area (Å²) in [5.74, 6) is 0.909. The van der Waals surface area contributed by atoms with Crippen LogP contribution in [0.5, 0.6) is 0 Å². The molecule has 1 N–H and O–H groups in total. The lowest BCUT2D eigenvalue weighted by Crippen LogP contribution is -2.27. The third-order valence-corrected chi connectivity index (χ3v) is 4.33. The zero-order valence-electron chi connectivity index (χ0n) is 12.1. The fourth-order valence-electron chi connectivity index (χ4n) is 3.16. The minimum Gasteiger partial charge on any atom is -0.310 e. The number of benzene rings is 1. The van der Waals surface area contributed by atoms with Gasteiger partial charge in [-0.2, -0.15) is 0 Å². The summed E-state index contributed by atoms with van der Waals surface area (Å²) < 4.78 is 0. The molecule has 0 aliphatic heterocycles. The van der Waals surface area contributed by atoms with Gasteiger partial charge in [0.2, 0.25) is 0 Å². The van der Waals surface area contributed by atoms with Crippen molar-refractivity contribution in [3.8, 4) is 0 Å². The molecule has 1 aromatic rings. The summed E-state index contributed by atoms with van der Waals surface area (Å²) in [5, 5.41) is 3.73. The van der Waals surface area contributed by atoms with E-state index in [4.69, 9.17) is 0 Å². The molecule has 1 aliphatic carbocycles. The van der Waals surface area contributed by atoms with E-state index in [1.54, 1.807) is 0 Å².